The van der Waals surface area contributed by atoms with E-state index in [1.54, 1.807) is 0 Å². The van der Waals surface area contributed by atoms with Crippen LogP contribution in [-0.2, 0) is 9.59 Å². The van der Waals surface area contributed by atoms with Gasteiger partial charge in [-0.15, -0.1) is 5.10 Å². The Balaban J connectivity index is 1.92. The third-order valence-electron chi connectivity index (χ3n) is 3.66. The number of carboxylic acid groups (broad SMARTS) is 1. The van der Waals surface area contributed by atoms with Crippen molar-refractivity contribution in [2.45, 2.75) is 38.4 Å². The lowest BCUT2D eigenvalue weighted by atomic mass is 10.2. The molecule has 9 heteroatoms. The Hall–Kier alpha value is -2.68. The third-order valence-corrected chi connectivity index (χ3v) is 4.73. The van der Waals surface area contributed by atoms with Gasteiger partial charge in [0.25, 0.3) is 0 Å². The van der Waals surface area contributed by atoms with Gasteiger partial charge < -0.3 is 15.7 Å². The lowest BCUT2D eigenvalue weighted by molar-refractivity contribution is -0.122. The number of anilines is 1. The Kier molecular flexibility index (Phi) is 6.90. The van der Waals surface area contributed by atoms with Gasteiger partial charge in [-0.3, -0.25) is 9.59 Å². The van der Waals surface area contributed by atoms with E-state index in [0.717, 1.165) is 18.6 Å². The fraction of sp³-hybridized carbons (Fsp3) is 0.353. The molecule has 1 heterocycles. The molecule has 2 rings (SSSR count). The fourth-order valence-corrected chi connectivity index (χ4v) is 3.09. The van der Waals surface area contributed by atoms with Gasteiger partial charge in [0.1, 0.15) is 5.25 Å². The summed E-state index contributed by atoms with van der Waals surface area (Å²) in [4.78, 5) is 34.9. The first-order valence-electron chi connectivity index (χ1n) is 8.17. The van der Waals surface area contributed by atoms with Gasteiger partial charge >= 0.3 is 5.97 Å². The number of nitrogens with one attached hydrogen (secondary N) is 2. The summed E-state index contributed by atoms with van der Waals surface area (Å²) in [7, 11) is 0. The summed E-state index contributed by atoms with van der Waals surface area (Å²) in [5.74, 6) is -1.66. The molecule has 1 aromatic carbocycles. The second-order valence-corrected chi connectivity index (χ2v) is 6.70. The maximum atomic E-state index is 12.1. The number of thioether (sulfide) groups is 1. The Labute approximate surface area is 155 Å². The van der Waals surface area contributed by atoms with Gasteiger partial charge in [0.15, 0.2) is 5.17 Å². The van der Waals surface area contributed by atoms with E-state index in [1.165, 1.54) is 36.0 Å². The standard InChI is InChI=1S/C17H20N4O4S/c1-3-11(4-2)20-21-17-19-15(23)13(26-17)9-14(22)18-12-7-5-10(6-8-12)16(24)25/h5-8,13H,3-4,9H2,1-2H3,(H,18,22)(H,24,25)(H,19,21,23)/t13-/m1/s1. The Bertz CT molecular complexity index is 753. The highest BCUT2D eigenvalue weighted by molar-refractivity contribution is 8.15. The number of nitrogens with zero attached hydrogens (tertiary/aromatic N) is 2. The first-order chi connectivity index (χ1) is 12.4. The van der Waals surface area contributed by atoms with Crippen LogP contribution in [0.5, 0.6) is 0 Å². The number of carbonyl (C=O) groups is 3. The molecule has 1 aliphatic heterocycles. The van der Waals surface area contributed by atoms with Gasteiger partial charge in [0.2, 0.25) is 11.8 Å². The van der Waals surface area contributed by atoms with Crippen molar-refractivity contribution < 1.29 is 19.5 Å². The molecule has 0 bridgehead atoms. The zero-order valence-corrected chi connectivity index (χ0v) is 15.3. The van der Waals surface area contributed by atoms with E-state index in [0.29, 0.717) is 10.9 Å². The SMILES string of the molecule is CCC(CC)=N/N=C1\NC(=O)[C@@H](CC(=O)Nc2ccc(C(=O)O)cc2)S1. The van der Waals surface area contributed by atoms with Crippen molar-refractivity contribution in [2.24, 2.45) is 10.2 Å². The van der Waals surface area contributed by atoms with Crippen LogP contribution < -0.4 is 10.6 Å². The third kappa shape index (κ3) is 5.41. The lowest BCUT2D eigenvalue weighted by Crippen LogP contribution is -2.28. The number of amides is 2. The molecule has 0 unspecified atom stereocenters. The minimum absolute atomic E-state index is 0.0195. The molecule has 1 saturated heterocycles. The summed E-state index contributed by atoms with van der Waals surface area (Å²) >= 11 is 1.17. The summed E-state index contributed by atoms with van der Waals surface area (Å²) in [6.45, 7) is 3.97. The van der Waals surface area contributed by atoms with E-state index >= 15 is 0 Å². The molecule has 3 N–H and O–H groups in total. The zero-order chi connectivity index (χ0) is 19.1. The van der Waals surface area contributed by atoms with Crippen molar-refractivity contribution in [3.8, 4) is 0 Å². The molecule has 0 spiro atoms. The molecular formula is C17H20N4O4S. The smallest absolute Gasteiger partial charge is 0.335 e. The predicted octanol–water partition coefficient (Wildman–Crippen LogP) is 2.48. The Morgan fingerprint density at radius 2 is 1.88 bits per heavy atom. The number of rotatable bonds is 7. The van der Waals surface area contributed by atoms with Crippen LogP contribution in [0.15, 0.2) is 34.5 Å². The van der Waals surface area contributed by atoms with Crippen LogP contribution in [-0.4, -0.2) is 39.0 Å². The summed E-state index contributed by atoms with van der Waals surface area (Å²) in [5, 5.41) is 22.1. The summed E-state index contributed by atoms with van der Waals surface area (Å²) < 4.78 is 0. The van der Waals surface area contributed by atoms with E-state index in [-0.39, 0.29) is 23.8 Å². The Morgan fingerprint density at radius 3 is 2.46 bits per heavy atom. The topological polar surface area (TPSA) is 120 Å². The largest absolute Gasteiger partial charge is 0.478 e. The van der Waals surface area contributed by atoms with Crippen LogP contribution >= 0.6 is 11.8 Å². The van der Waals surface area contributed by atoms with Gasteiger partial charge in [0, 0.05) is 17.8 Å². The number of hydrogen-bond acceptors (Lipinski definition) is 6. The van der Waals surface area contributed by atoms with Gasteiger partial charge in [-0.25, -0.2) is 4.79 Å². The molecule has 0 radical (unpaired) electrons. The van der Waals surface area contributed by atoms with Crippen LogP contribution in [0.25, 0.3) is 0 Å². The van der Waals surface area contributed by atoms with Gasteiger partial charge in [0.05, 0.1) is 5.56 Å². The van der Waals surface area contributed by atoms with Crippen molar-refractivity contribution in [3.05, 3.63) is 29.8 Å². The lowest BCUT2D eigenvalue weighted by Gasteiger charge is -2.07. The van der Waals surface area contributed by atoms with E-state index in [2.05, 4.69) is 20.8 Å². The van der Waals surface area contributed by atoms with Gasteiger partial charge in [-0.2, -0.15) is 5.10 Å². The van der Waals surface area contributed by atoms with Crippen molar-refractivity contribution in [1.29, 1.82) is 0 Å². The number of carboxylic acids is 1. The normalized spacial score (nSPS) is 17.7. The van der Waals surface area contributed by atoms with Crippen molar-refractivity contribution >= 4 is 46.1 Å². The Morgan fingerprint density at radius 1 is 1.23 bits per heavy atom. The predicted molar refractivity (Wildman–Crippen MR) is 102 cm³/mol. The molecule has 138 valence electrons. The molecule has 1 aromatic rings. The molecule has 0 aromatic heterocycles. The molecule has 1 aliphatic rings. The highest BCUT2D eigenvalue weighted by Crippen LogP contribution is 2.23. The zero-order valence-electron chi connectivity index (χ0n) is 14.5. The second kappa shape index (κ2) is 9.14. The first-order valence-corrected chi connectivity index (χ1v) is 9.05. The van der Waals surface area contributed by atoms with Gasteiger partial charge in [-0.05, 0) is 37.1 Å². The van der Waals surface area contributed by atoms with E-state index in [1.807, 2.05) is 13.8 Å². The van der Waals surface area contributed by atoms with Crippen LogP contribution in [0, 0.1) is 0 Å². The molecule has 1 fully saturated rings. The second-order valence-electron chi connectivity index (χ2n) is 5.51. The molecule has 0 saturated carbocycles. The van der Waals surface area contributed by atoms with Crippen LogP contribution in [0.3, 0.4) is 0 Å². The summed E-state index contributed by atoms with van der Waals surface area (Å²) in [5.41, 5.74) is 1.53. The van der Waals surface area contributed by atoms with E-state index in [4.69, 9.17) is 5.11 Å². The van der Waals surface area contributed by atoms with Crippen molar-refractivity contribution in [2.75, 3.05) is 5.32 Å². The summed E-state index contributed by atoms with van der Waals surface area (Å²) in [6.07, 6.45) is 1.56. The van der Waals surface area contributed by atoms with Crippen LogP contribution in [0.4, 0.5) is 5.69 Å². The van der Waals surface area contributed by atoms with E-state index < -0.39 is 11.2 Å². The molecule has 8 nitrogen and oxygen atoms in total. The molecule has 0 aliphatic carbocycles. The van der Waals surface area contributed by atoms with E-state index in [9.17, 15) is 14.4 Å². The molecule has 1 atom stereocenters. The molecule has 26 heavy (non-hydrogen) atoms. The summed E-state index contributed by atoms with van der Waals surface area (Å²) in [6, 6.07) is 5.80. The average Bonchev–Trinajstić information content (AvgIpc) is 2.95. The fourth-order valence-electron chi connectivity index (χ4n) is 2.17. The van der Waals surface area contributed by atoms with Crippen LogP contribution in [0.2, 0.25) is 0 Å². The number of benzene rings is 1. The van der Waals surface area contributed by atoms with Gasteiger partial charge in [-0.1, -0.05) is 25.6 Å². The quantitative estimate of drug-likeness (QED) is 0.499. The molecular weight excluding hydrogens is 356 g/mol. The number of hydrogen-bond donors (Lipinski definition) is 3. The van der Waals surface area contributed by atoms with Crippen molar-refractivity contribution in [1.82, 2.24) is 5.32 Å². The minimum Gasteiger partial charge on any atom is -0.478 e. The maximum Gasteiger partial charge on any atom is 0.335 e. The number of amidine groups is 1. The number of aromatic carboxylic acids is 1. The van der Waals surface area contributed by atoms with Crippen LogP contribution in [0.1, 0.15) is 43.5 Å². The monoisotopic (exact) mass is 376 g/mol. The average molecular weight is 376 g/mol. The molecule has 2 amide bonds. The van der Waals surface area contributed by atoms with Crippen molar-refractivity contribution in [3.63, 3.8) is 0 Å². The highest BCUT2D eigenvalue weighted by Gasteiger charge is 2.32. The maximum absolute atomic E-state index is 12.1. The minimum atomic E-state index is -1.04. The highest BCUT2D eigenvalue weighted by atomic mass is 32.2. The number of carbonyl (C=O) groups excluding carboxylic acids is 2. The first kappa shape index (κ1) is 19.6.